The lowest BCUT2D eigenvalue weighted by atomic mass is 9.94. The van der Waals surface area contributed by atoms with Crippen LogP contribution in [0, 0.1) is 5.41 Å². The van der Waals surface area contributed by atoms with Crippen LogP contribution in [0.5, 0.6) is 11.5 Å². The van der Waals surface area contributed by atoms with Gasteiger partial charge in [0.05, 0.1) is 0 Å². The summed E-state index contributed by atoms with van der Waals surface area (Å²) in [6.45, 7) is 13.9. The Morgan fingerprint density at radius 2 is 1.52 bits per heavy atom. The average Bonchev–Trinajstić information content (AvgIpc) is 2.58. The molecule has 0 bridgehead atoms. The van der Waals surface area contributed by atoms with Crippen LogP contribution in [0.15, 0.2) is 49.6 Å². The molecule has 0 aliphatic rings. The van der Waals surface area contributed by atoms with Gasteiger partial charge in [-0.1, -0.05) is 58.2 Å². The molecule has 0 radical (unpaired) electrons. The van der Waals surface area contributed by atoms with Gasteiger partial charge in [0.25, 0.3) is 0 Å². The SMILES string of the molecule is C=Cc1ccc(O)cc1-c1cc(OC(OC)C(C)(C)C)ccc1C=C. The Morgan fingerprint density at radius 1 is 0.960 bits per heavy atom. The fourth-order valence-electron chi connectivity index (χ4n) is 2.68. The molecule has 2 aromatic carbocycles. The molecule has 2 aromatic rings. The Morgan fingerprint density at radius 3 is 2.04 bits per heavy atom. The van der Waals surface area contributed by atoms with Crippen LogP contribution < -0.4 is 4.74 Å². The van der Waals surface area contributed by atoms with Gasteiger partial charge < -0.3 is 14.6 Å². The summed E-state index contributed by atoms with van der Waals surface area (Å²) in [7, 11) is 1.64. The Labute approximate surface area is 150 Å². The van der Waals surface area contributed by atoms with Crippen molar-refractivity contribution in [1.82, 2.24) is 0 Å². The monoisotopic (exact) mass is 338 g/mol. The molecule has 2 rings (SSSR count). The first-order chi connectivity index (χ1) is 11.8. The van der Waals surface area contributed by atoms with Gasteiger partial charge in [0, 0.05) is 12.5 Å². The summed E-state index contributed by atoms with van der Waals surface area (Å²) in [5.41, 5.74) is 3.51. The van der Waals surface area contributed by atoms with Crippen LogP contribution in [0.3, 0.4) is 0 Å². The van der Waals surface area contributed by atoms with E-state index in [2.05, 4.69) is 33.9 Å². The second kappa shape index (κ2) is 7.58. The maximum absolute atomic E-state index is 9.91. The smallest absolute Gasteiger partial charge is 0.204 e. The molecule has 3 nitrogen and oxygen atoms in total. The molecule has 1 unspecified atom stereocenters. The predicted molar refractivity (Wildman–Crippen MR) is 105 cm³/mol. The third-order valence-corrected chi connectivity index (χ3v) is 3.96. The molecule has 0 saturated heterocycles. The zero-order valence-electron chi connectivity index (χ0n) is 15.4. The van der Waals surface area contributed by atoms with Gasteiger partial charge in [-0.3, -0.25) is 0 Å². The van der Waals surface area contributed by atoms with Crippen molar-refractivity contribution in [3.8, 4) is 22.6 Å². The summed E-state index contributed by atoms with van der Waals surface area (Å²) in [4.78, 5) is 0. The highest BCUT2D eigenvalue weighted by atomic mass is 16.7. The Hall–Kier alpha value is -2.52. The Kier molecular flexibility index (Phi) is 5.70. The lowest BCUT2D eigenvalue weighted by molar-refractivity contribution is -0.120. The van der Waals surface area contributed by atoms with Crippen molar-refractivity contribution in [3.05, 3.63) is 60.7 Å². The van der Waals surface area contributed by atoms with Crippen LogP contribution in [0.25, 0.3) is 23.3 Å². The molecule has 0 amide bonds. The molecule has 3 heteroatoms. The minimum absolute atomic E-state index is 0.163. The van der Waals surface area contributed by atoms with E-state index < -0.39 is 0 Å². The highest BCUT2D eigenvalue weighted by Gasteiger charge is 2.26. The fraction of sp³-hybridized carbons (Fsp3) is 0.273. The normalized spacial score (nSPS) is 12.5. The standard InChI is InChI=1S/C22H26O3/c1-7-15-9-11-17(23)13-19(15)20-14-18(12-10-16(20)8-2)25-21(24-6)22(3,4)5/h7-14,21,23H,1-2H2,3-6H3. The minimum Gasteiger partial charge on any atom is -0.508 e. The van der Waals surface area contributed by atoms with Crippen molar-refractivity contribution in [1.29, 1.82) is 0 Å². The van der Waals surface area contributed by atoms with Gasteiger partial charge in [0.15, 0.2) is 0 Å². The number of methoxy groups -OCH3 is 1. The zero-order valence-corrected chi connectivity index (χ0v) is 15.4. The Bertz CT molecular complexity index is 769. The third kappa shape index (κ3) is 4.31. The Balaban J connectivity index is 2.53. The molecule has 0 spiro atoms. The summed E-state index contributed by atoms with van der Waals surface area (Å²) < 4.78 is 11.5. The number of rotatable bonds is 6. The molecule has 0 aromatic heterocycles. The number of phenols is 1. The molecule has 0 aliphatic heterocycles. The first kappa shape index (κ1) is 18.8. The molecule has 1 N–H and O–H groups in total. The summed E-state index contributed by atoms with van der Waals surface area (Å²) in [5, 5.41) is 9.91. The minimum atomic E-state index is -0.377. The zero-order chi connectivity index (χ0) is 18.6. The second-order valence-electron chi connectivity index (χ2n) is 6.98. The van der Waals surface area contributed by atoms with Crippen molar-refractivity contribution in [2.24, 2.45) is 5.41 Å². The summed E-state index contributed by atoms with van der Waals surface area (Å²) in [6.07, 6.45) is 3.17. The first-order valence-electron chi connectivity index (χ1n) is 8.22. The fourth-order valence-corrected chi connectivity index (χ4v) is 2.68. The van der Waals surface area contributed by atoms with Crippen molar-refractivity contribution in [2.75, 3.05) is 7.11 Å². The van der Waals surface area contributed by atoms with Crippen molar-refractivity contribution in [3.63, 3.8) is 0 Å². The van der Waals surface area contributed by atoms with Crippen molar-refractivity contribution >= 4 is 12.2 Å². The summed E-state index contributed by atoms with van der Waals surface area (Å²) >= 11 is 0. The number of ether oxygens (including phenoxy) is 2. The molecule has 132 valence electrons. The van der Waals surface area contributed by atoms with E-state index in [-0.39, 0.29) is 17.5 Å². The van der Waals surface area contributed by atoms with Crippen LogP contribution in [0.1, 0.15) is 31.9 Å². The van der Waals surface area contributed by atoms with E-state index in [1.165, 1.54) is 0 Å². The maximum Gasteiger partial charge on any atom is 0.204 e. The van der Waals surface area contributed by atoms with E-state index in [0.29, 0.717) is 5.75 Å². The van der Waals surface area contributed by atoms with E-state index in [1.54, 1.807) is 31.4 Å². The van der Waals surface area contributed by atoms with Crippen LogP contribution >= 0.6 is 0 Å². The van der Waals surface area contributed by atoms with E-state index >= 15 is 0 Å². The third-order valence-electron chi connectivity index (χ3n) is 3.96. The number of benzene rings is 2. The molecular formula is C22H26O3. The van der Waals surface area contributed by atoms with Gasteiger partial charge >= 0.3 is 0 Å². The topological polar surface area (TPSA) is 38.7 Å². The first-order valence-corrected chi connectivity index (χ1v) is 8.22. The average molecular weight is 338 g/mol. The molecule has 0 fully saturated rings. The molecule has 0 saturated carbocycles. The number of hydrogen-bond donors (Lipinski definition) is 1. The number of hydrogen-bond acceptors (Lipinski definition) is 3. The van der Waals surface area contributed by atoms with Gasteiger partial charge in [0.1, 0.15) is 11.5 Å². The molecule has 25 heavy (non-hydrogen) atoms. The highest BCUT2D eigenvalue weighted by molar-refractivity contribution is 5.82. The largest absolute Gasteiger partial charge is 0.508 e. The van der Waals surface area contributed by atoms with Gasteiger partial charge in [-0.05, 0) is 46.5 Å². The molecule has 1 atom stereocenters. The van der Waals surface area contributed by atoms with Gasteiger partial charge in [-0.25, -0.2) is 0 Å². The molecule has 0 heterocycles. The van der Waals surface area contributed by atoms with Crippen molar-refractivity contribution < 1.29 is 14.6 Å². The molecule has 0 aliphatic carbocycles. The number of phenolic OH excluding ortho intramolecular Hbond substituents is 1. The maximum atomic E-state index is 9.91. The van der Waals surface area contributed by atoms with Crippen molar-refractivity contribution in [2.45, 2.75) is 27.1 Å². The summed E-state index contributed by atoms with van der Waals surface area (Å²) in [5.74, 6) is 0.895. The molecular weight excluding hydrogens is 312 g/mol. The van der Waals surface area contributed by atoms with Crippen LogP contribution in [-0.4, -0.2) is 18.5 Å². The van der Waals surface area contributed by atoms with Crippen LogP contribution in [-0.2, 0) is 4.74 Å². The summed E-state index contributed by atoms with van der Waals surface area (Å²) in [6, 6.07) is 11.0. The number of aromatic hydroxyl groups is 1. The van der Waals surface area contributed by atoms with E-state index in [4.69, 9.17) is 9.47 Å². The van der Waals surface area contributed by atoms with Crippen LogP contribution in [0.2, 0.25) is 0 Å². The van der Waals surface area contributed by atoms with Crippen LogP contribution in [0.4, 0.5) is 0 Å². The van der Waals surface area contributed by atoms with E-state index in [1.807, 2.05) is 24.3 Å². The van der Waals surface area contributed by atoms with Gasteiger partial charge in [-0.2, -0.15) is 0 Å². The van der Waals surface area contributed by atoms with E-state index in [0.717, 1.165) is 22.3 Å². The van der Waals surface area contributed by atoms with E-state index in [9.17, 15) is 5.11 Å². The lowest BCUT2D eigenvalue weighted by Gasteiger charge is -2.29. The second-order valence-corrected chi connectivity index (χ2v) is 6.98. The van der Waals surface area contributed by atoms with Gasteiger partial charge in [0.2, 0.25) is 6.29 Å². The quantitative estimate of drug-likeness (QED) is 0.682. The highest BCUT2D eigenvalue weighted by Crippen LogP contribution is 2.35. The predicted octanol–water partition coefficient (Wildman–Crippen LogP) is 5.74. The lowest BCUT2D eigenvalue weighted by Crippen LogP contribution is -2.33. The van der Waals surface area contributed by atoms with Gasteiger partial charge in [-0.15, -0.1) is 0 Å².